The van der Waals surface area contributed by atoms with Crippen LogP contribution in [0.3, 0.4) is 0 Å². The van der Waals surface area contributed by atoms with E-state index in [-0.39, 0.29) is 45.9 Å². The van der Waals surface area contributed by atoms with Crippen molar-refractivity contribution in [3.05, 3.63) is 92.4 Å². The second-order valence-electron chi connectivity index (χ2n) is 15.4. The predicted octanol–water partition coefficient (Wildman–Crippen LogP) is 5.61. The van der Waals surface area contributed by atoms with Crippen molar-refractivity contribution in [2.45, 2.75) is 59.0 Å². The first-order valence-electron chi connectivity index (χ1n) is 18.5. The van der Waals surface area contributed by atoms with Crippen LogP contribution in [0.15, 0.2) is 52.7 Å². The number of nitrogens with zero attached hydrogens (tertiary/aromatic N) is 7. The third-order valence-electron chi connectivity index (χ3n) is 11.1. The van der Waals surface area contributed by atoms with Crippen LogP contribution in [0.4, 0.5) is 20.2 Å². The summed E-state index contributed by atoms with van der Waals surface area (Å²) >= 11 is 0. The van der Waals surface area contributed by atoms with Crippen LogP contribution in [0.2, 0.25) is 0 Å². The first-order valence-corrected chi connectivity index (χ1v) is 18.5. The lowest BCUT2D eigenvalue weighted by atomic mass is 9.93. The fraction of sp³-hybridized carbons (Fsp3) is 0.415. The summed E-state index contributed by atoms with van der Waals surface area (Å²) in [5.41, 5.74) is 2.91. The molecule has 1 fully saturated rings. The van der Waals surface area contributed by atoms with Gasteiger partial charge in [-0.1, -0.05) is 26.5 Å². The molecule has 0 saturated carbocycles. The summed E-state index contributed by atoms with van der Waals surface area (Å²) in [6.07, 6.45) is 3.72. The van der Waals surface area contributed by atoms with Crippen molar-refractivity contribution in [1.82, 2.24) is 28.9 Å². The molecular weight excluding hydrogens is 690 g/mol. The predicted molar refractivity (Wildman–Crippen MR) is 211 cm³/mol. The molecule has 7 rings (SSSR count). The van der Waals surface area contributed by atoms with Crippen molar-refractivity contribution in [2.75, 3.05) is 56.6 Å². The first-order chi connectivity index (χ1) is 25.7. The number of piperazine rings is 1. The van der Waals surface area contributed by atoms with Crippen molar-refractivity contribution in [1.29, 1.82) is 0 Å². The Kier molecular flexibility index (Phi) is 9.49. The SMILES string of the molecule is C=CC(=O)N1CC2CN(CCCN(C)C)c3c(c4cc(F)c(-c5c(C)ccc6[nH]c(=O)n(C)c56)c(F)c4n(-c4c(C)ccnc4C(C)C)c3=O)N2CC1C. The molecular formula is C41H48F2N8O3. The molecule has 2 unspecified atom stereocenters. The second kappa shape index (κ2) is 13.8. The average Bonchev–Trinajstić information content (AvgIpc) is 3.41. The summed E-state index contributed by atoms with van der Waals surface area (Å²) in [6.45, 7) is 15.6. The van der Waals surface area contributed by atoms with Gasteiger partial charge in [-0.05, 0) is 89.2 Å². The minimum atomic E-state index is -0.915. The number of fused-ring (bicyclic) bond motifs is 6. The highest BCUT2D eigenvalue weighted by Crippen LogP contribution is 2.46. The number of benzene rings is 2. The Balaban J connectivity index is 1.64. The number of hydrogen-bond acceptors (Lipinski definition) is 7. The van der Waals surface area contributed by atoms with Gasteiger partial charge in [0.1, 0.15) is 11.5 Å². The molecule has 284 valence electrons. The van der Waals surface area contributed by atoms with Gasteiger partial charge in [0.15, 0.2) is 5.82 Å². The van der Waals surface area contributed by atoms with Crippen molar-refractivity contribution in [3.63, 3.8) is 0 Å². The number of halogens is 2. The van der Waals surface area contributed by atoms with Crippen molar-refractivity contribution in [2.24, 2.45) is 7.05 Å². The number of aromatic amines is 1. The van der Waals surface area contributed by atoms with E-state index in [1.807, 2.05) is 46.7 Å². The van der Waals surface area contributed by atoms with Gasteiger partial charge in [0, 0.05) is 56.4 Å². The number of H-pyrrole nitrogens is 1. The number of imidazole rings is 1. The number of carbonyl (C=O) groups excluding carboxylic acids is 1. The molecule has 0 aliphatic carbocycles. The molecule has 1 saturated heterocycles. The van der Waals surface area contributed by atoms with E-state index in [1.165, 1.54) is 21.3 Å². The van der Waals surface area contributed by atoms with Crippen LogP contribution in [0.25, 0.3) is 38.8 Å². The topological polar surface area (TPSA) is 103 Å². The molecule has 0 radical (unpaired) electrons. The van der Waals surface area contributed by atoms with Gasteiger partial charge in [-0.2, -0.15) is 0 Å². The van der Waals surface area contributed by atoms with E-state index in [1.54, 1.807) is 43.3 Å². The van der Waals surface area contributed by atoms with Crippen LogP contribution >= 0.6 is 0 Å². The Morgan fingerprint density at radius 2 is 1.78 bits per heavy atom. The summed E-state index contributed by atoms with van der Waals surface area (Å²) in [7, 11) is 5.54. The molecule has 1 N–H and O–H groups in total. The van der Waals surface area contributed by atoms with Gasteiger partial charge in [0.05, 0.1) is 45.2 Å². The maximum atomic E-state index is 18.1. The molecule has 5 aromatic rings. The Morgan fingerprint density at radius 1 is 1.04 bits per heavy atom. The number of rotatable bonds is 8. The van der Waals surface area contributed by atoms with Crippen molar-refractivity contribution < 1.29 is 13.6 Å². The zero-order valence-electron chi connectivity index (χ0n) is 32.3. The van der Waals surface area contributed by atoms with E-state index in [2.05, 4.69) is 21.4 Å². The summed E-state index contributed by atoms with van der Waals surface area (Å²) in [5, 5.41) is 0.243. The highest BCUT2D eigenvalue weighted by Gasteiger charge is 2.43. The number of amides is 1. The van der Waals surface area contributed by atoms with Crippen LogP contribution in [-0.2, 0) is 11.8 Å². The number of hydrogen-bond donors (Lipinski definition) is 1. The standard InChI is InChI=1S/C41H48F2N8O3/c1-10-30(52)49-21-26-20-48(17-11-16-46(7)8)39-37(50(26)19-25(49)6)27-18-28(42)32(31-23(4)12-13-29-38(31)47(9)41(54)45-29)33(43)36(27)51(40(39)53)35-24(5)14-15-44-34(35)22(2)3/h10,12-15,18,22,25-26H,1,11,16-17,19-21H2,2-9H3,(H,45,54). The molecule has 2 aliphatic heterocycles. The van der Waals surface area contributed by atoms with Gasteiger partial charge < -0.3 is 24.6 Å². The zero-order valence-corrected chi connectivity index (χ0v) is 32.3. The van der Waals surface area contributed by atoms with E-state index in [4.69, 9.17) is 4.98 Å². The van der Waals surface area contributed by atoms with Gasteiger partial charge in [0.2, 0.25) is 5.91 Å². The number of nitrogens with one attached hydrogen (secondary N) is 1. The molecule has 1 amide bonds. The fourth-order valence-corrected chi connectivity index (χ4v) is 8.52. The molecule has 2 aliphatic rings. The Bertz CT molecular complexity index is 2460. The molecule has 13 heteroatoms. The lowest BCUT2D eigenvalue weighted by Crippen LogP contribution is -2.64. The van der Waals surface area contributed by atoms with E-state index in [9.17, 15) is 9.59 Å². The van der Waals surface area contributed by atoms with E-state index < -0.39 is 22.9 Å². The monoisotopic (exact) mass is 738 g/mol. The quantitative estimate of drug-likeness (QED) is 0.207. The minimum Gasteiger partial charge on any atom is -0.363 e. The van der Waals surface area contributed by atoms with Gasteiger partial charge in [-0.15, -0.1) is 0 Å². The van der Waals surface area contributed by atoms with Crippen molar-refractivity contribution >= 4 is 39.2 Å². The number of anilines is 2. The number of pyridine rings is 2. The van der Waals surface area contributed by atoms with Crippen LogP contribution in [0.5, 0.6) is 0 Å². The lowest BCUT2D eigenvalue weighted by molar-refractivity contribution is -0.128. The zero-order chi connectivity index (χ0) is 38.9. The molecule has 5 heterocycles. The number of aryl methyl sites for hydroxylation is 3. The third kappa shape index (κ3) is 5.80. The van der Waals surface area contributed by atoms with Gasteiger partial charge in [-0.25, -0.2) is 13.6 Å². The smallest absolute Gasteiger partial charge is 0.326 e. The summed E-state index contributed by atoms with van der Waals surface area (Å²) in [5.74, 6) is -2.06. The van der Waals surface area contributed by atoms with Crippen LogP contribution in [0.1, 0.15) is 49.9 Å². The minimum absolute atomic E-state index is 0.0729. The van der Waals surface area contributed by atoms with Gasteiger partial charge >= 0.3 is 5.69 Å². The highest BCUT2D eigenvalue weighted by atomic mass is 19.1. The van der Waals surface area contributed by atoms with Crippen molar-refractivity contribution in [3.8, 4) is 16.8 Å². The van der Waals surface area contributed by atoms with Crippen LogP contribution in [0, 0.1) is 25.5 Å². The molecule has 11 nitrogen and oxygen atoms in total. The maximum Gasteiger partial charge on any atom is 0.326 e. The number of aromatic nitrogens is 4. The fourth-order valence-electron chi connectivity index (χ4n) is 8.52. The summed E-state index contributed by atoms with van der Waals surface area (Å²) < 4.78 is 38.0. The summed E-state index contributed by atoms with van der Waals surface area (Å²) in [6, 6.07) is 6.05. The van der Waals surface area contributed by atoms with Crippen LogP contribution in [-0.4, -0.2) is 93.7 Å². The maximum absolute atomic E-state index is 18.1. The van der Waals surface area contributed by atoms with E-state index in [0.29, 0.717) is 71.1 Å². The molecule has 2 atom stereocenters. The molecule has 3 aromatic heterocycles. The molecule has 0 spiro atoms. The molecule has 0 bridgehead atoms. The number of carbonyl (C=O) groups is 1. The third-order valence-corrected chi connectivity index (χ3v) is 11.1. The highest BCUT2D eigenvalue weighted by molar-refractivity contribution is 6.05. The van der Waals surface area contributed by atoms with Gasteiger partial charge in [-0.3, -0.25) is 23.7 Å². The molecule has 2 aromatic carbocycles. The van der Waals surface area contributed by atoms with Gasteiger partial charge in [0.25, 0.3) is 5.56 Å². The normalized spacial score (nSPS) is 17.2. The largest absolute Gasteiger partial charge is 0.363 e. The molecule has 54 heavy (non-hydrogen) atoms. The second-order valence-corrected chi connectivity index (χ2v) is 15.4. The summed E-state index contributed by atoms with van der Waals surface area (Å²) in [4.78, 5) is 56.8. The van der Waals surface area contributed by atoms with Crippen LogP contribution < -0.4 is 21.0 Å². The van der Waals surface area contributed by atoms with E-state index in [0.717, 1.165) is 13.0 Å². The first kappa shape index (κ1) is 37.0. The average molecular weight is 739 g/mol. The Labute approximate surface area is 313 Å². The Morgan fingerprint density at radius 3 is 2.46 bits per heavy atom. The van der Waals surface area contributed by atoms with E-state index >= 15 is 13.6 Å². The Hall–Kier alpha value is -5.30. The lowest BCUT2D eigenvalue weighted by Gasteiger charge is -2.52.